The molecule has 0 aromatic heterocycles. The number of rotatable bonds is 1. The molecular weight excluding hydrogens is 126 g/mol. The van der Waals surface area contributed by atoms with Crippen molar-refractivity contribution in [3.05, 3.63) is 35.4 Å². The molecule has 0 bridgehead atoms. The molecule has 0 unspecified atom stereocenters. The van der Waals surface area contributed by atoms with Crippen LogP contribution in [0.15, 0.2) is 23.4 Å². The van der Waals surface area contributed by atoms with Crippen molar-refractivity contribution < 1.29 is 5.21 Å². The molecule has 2 nitrogen and oxygen atoms in total. The minimum Gasteiger partial charge on any atom is -0.411 e. The third-order valence-corrected chi connectivity index (χ3v) is 1.16. The maximum atomic E-state index is 8.17. The molecule has 51 valence electrons. The van der Waals surface area contributed by atoms with Crippen molar-refractivity contribution in [3.63, 3.8) is 0 Å². The Hall–Kier alpha value is -1.31. The van der Waals surface area contributed by atoms with Gasteiger partial charge in [0.25, 0.3) is 0 Å². The van der Waals surface area contributed by atoms with Gasteiger partial charge in [-0.2, -0.15) is 0 Å². The molecule has 0 saturated heterocycles. The Kier molecular flexibility index (Phi) is 2.05. The normalized spacial score (nSPS) is 10.5. The molecule has 0 spiro atoms. The fraction of sp³-hybridized carbons (Fsp3) is 0.125. The van der Waals surface area contributed by atoms with E-state index in [4.69, 9.17) is 5.21 Å². The van der Waals surface area contributed by atoms with Crippen LogP contribution in [0.5, 0.6) is 0 Å². The van der Waals surface area contributed by atoms with Crippen LogP contribution < -0.4 is 0 Å². The summed E-state index contributed by atoms with van der Waals surface area (Å²) in [6.45, 7) is 1.96. The summed E-state index contributed by atoms with van der Waals surface area (Å²) in [7, 11) is 0. The molecule has 0 aliphatic heterocycles. The molecule has 0 atom stereocenters. The first-order valence-electron chi connectivity index (χ1n) is 2.98. The summed E-state index contributed by atoms with van der Waals surface area (Å²) < 4.78 is 0. The van der Waals surface area contributed by atoms with Crippen molar-refractivity contribution in [2.24, 2.45) is 5.16 Å². The van der Waals surface area contributed by atoms with E-state index in [2.05, 4.69) is 11.2 Å². The van der Waals surface area contributed by atoms with Gasteiger partial charge in [-0.05, 0) is 30.2 Å². The minimum atomic E-state index is 0.863. The molecule has 0 fully saturated rings. The zero-order chi connectivity index (χ0) is 7.40. The molecule has 2 heteroatoms. The molecule has 1 rings (SSSR count). The van der Waals surface area contributed by atoms with Crippen LogP contribution in [0.1, 0.15) is 11.1 Å². The van der Waals surface area contributed by atoms with E-state index in [-0.39, 0.29) is 0 Å². The summed E-state index contributed by atoms with van der Waals surface area (Å²) in [5.74, 6) is 0. The lowest BCUT2D eigenvalue weighted by atomic mass is 10.2. The van der Waals surface area contributed by atoms with Crippen LogP contribution in [0.2, 0.25) is 0 Å². The summed E-state index contributed by atoms with van der Waals surface area (Å²) in [5, 5.41) is 11.1. The third-order valence-electron chi connectivity index (χ3n) is 1.16. The van der Waals surface area contributed by atoms with E-state index in [1.807, 2.05) is 19.1 Å². The van der Waals surface area contributed by atoms with Crippen LogP contribution >= 0.6 is 0 Å². The molecule has 0 aliphatic carbocycles. The fourth-order valence-electron chi connectivity index (χ4n) is 0.757. The first-order chi connectivity index (χ1) is 4.83. The Labute approximate surface area is 59.8 Å². The van der Waals surface area contributed by atoms with E-state index in [1.165, 1.54) is 6.21 Å². The molecule has 0 saturated carbocycles. The van der Waals surface area contributed by atoms with E-state index < -0.39 is 0 Å². The molecule has 1 aromatic rings. The van der Waals surface area contributed by atoms with Gasteiger partial charge in [-0.1, -0.05) is 17.3 Å². The number of nitrogens with zero attached hydrogens (tertiary/aromatic N) is 1. The second kappa shape index (κ2) is 3.01. The van der Waals surface area contributed by atoms with Crippen molar-refractivity contribution in [1.29, 1.82) is 0 Å². The van der Waals surface area contributed by atoms with Gasteiger partial charge < -0.3 is 5.21 Å². The average Bonchev–Trinajstić information content (AvgIpc) is 1.88. The molecule has 10 heavy (non-hydrogen) atoms. The predicted octanol–water partition coefficient (Wildman–Crippen LogP) is 1.60. The Morgan fingerprint density at radius 1 is 1.60 bits per heavy atom. The lowest BCUT2D eigenvalue weighted by Crippen LogP contribution is -1.80. The van der Waals surface area contributed by atoms with Gasteiger partial charge in [-0.15, -0.1) is 0 Å². The zero-order valence-electron chi connectivity index (χ0n) is 5.70. The van der Waals surface area contributed by atoms with Crippen molar-refractivity contribution in [2.75, 3.05) is 0 Å². The van der Waals surface area contributed by atoms with Crippen LogP contribution in [0, 0.1) is 13.0 Å². The fourth-order valence-corrected chi connectivity index (χ4v) is 0.757. The van der Waals surface area contributed by atoms with E-state index >= 15 is 0 Å². The second-order valence-corrected chi connectivity index (χ2v) is 2.09. The Morgan fingerprint density at radius 3 is 3.00 bits per heavy atom. The number of benzene rings is 1. The molecular formula is C8H8NO. The Bertz CT molecular complexity index is 243. The van der Waals surface area contributed by atoms with Crippen molar-refractivity contribution in [1.82, 2.24) is 0 Å². The molecule has 0 heterocycles. The number of hydrogen-bond acceptors (Lipinski definition) is 2. The van der Waals surface area contributed by atoms with Crippen molar-refractivity contribution in [2.45, 2.75) is 6.92 Å². The van der Waals surface area contributed by atoms with Gasteiger partial charge in [0.05, 0.1) is 6.21 Å². The highest BCUT2D eigenvalue weighted by Gasteiger charge is 1.86. The first-order valence-corrected chi connectivity index (χ1v) is 2.98. The monoisotopic (exact) mass is 134 g/mol. The van der Waals surface area contributed by atoms with Gasteiger partial charge in [-0.3, -0.25) is 0 Å². The number of aryl methyl sites for hydroxylation is 1. The van der Waals surface area contributed by atoms with E-state index in [1.54, 1.807) is 6.07 Å². The first kappa shape index (κ1) is 6.81. The summed E-state index contributed by atoms with van der Waals surface area (Å²) in [4.78, 5) is 0. The van der Waals surface area contributed by atoms with E-state index in [0.29, 0.717) is 0 Å². The highest BCUT2D eigenvalue weighted by Crippen LogP contribution is 1.99. The standard InChI is InChI=1S/C8H8NO/c1-7-3-2-4-8(5-7)6-9-10/h3-6,10H,1H3. The maximum Gasteiger partial charge on any atom is 0.0734 e. The number of oxime groups is 1. The smallest absolute Gasteiger partial charge is 0.0734 e. The van der Waals surface area contributed by atoms with Crippen LogP contribution in [0.4, 0.5) is 0 Å². The molecule has 0 amide bonds. The van der Waals surface area contributed by atoms with Gasteiger partial charge in [0.15, 0.2) is 0 Å². The lowest BCUT2D eigenvalue weighted by Gasteiger charge is -1.91. The predicted molar refractivity (Wildman–Crippen MR) is 39.4 cm³/mol. The summed E-state index contributed by atoms with van der Waals surface area (Å²) in [6.07, 6.45) is 1.38. The number of hydrogen-bond donors (Lipinski definition) is 1. The van der Waals surface area contributed by atoms with Gasteiger partial charge >= 0.3 is 0 Å². The SMILES string of the molecule is Cc1c[c]cc(C=NO)c1. The van der Waals surface area contributed by atoms with Crippen LogP contribution in [0.3, 0.4) is 0 Å². The summed E-state index contributed by atoms with van der Waals surface area (Å²) in [5.41, 5.74) is 1.97. The zero-order valence-corrected chi connectivity index (χ0v) is 5.70. The van der Waals surface area contributed by atoms with Gasteiger partial charge in [0.1, 0.15) is 0 Å². The minimum absolute atomic E-state index is 0.863. The highest BCUT2D eigenvalue weighted by atomic mass is 16.4. The molecule has 1 radical (unpaired) electrons. The van der Waals surface area contributed by atoms with Crippen LogP contribution in [-0.4, -0.2) is 11.4 Å². The van der Waals surface area contributed by atoms with Crippen molar-refractivity contribution >= 4 is 6.21 Å². The van der Waals surface area contributed by atoms with Gasteiger partial charge in [0.2, 0.25) is 0 Å². The molecule has 1 aromatic carbocycles. The van der Waals surface area contributed by atoms with Crippen LogP contribution in [-0.2, 0) is 0 Å². The third kappa shape index (κ3) is 1.58. The summed E-state index contributed by atoms with van der Waals surface area (Å²) >= 11 is 0. The highest BCUT2D eigenvalue weighted by molar-refractivity contribution is 5.79. The van der Waals surface area contributed by atoms with E-state index in [0.717, 1.165) is 11.1 Å². The van der Waals surface area contributed by atoms with Gasteiger partial charge in [0, 0.05) is 0 Å². The largest absolute Gasteiger partial charge is 0.411 e. The quantitative estimate of drug-likeness (QED) is 0.353. The van der Waals surface area contributed by atoms with Crippen LogP contribution in [0.25, 0.3) is 0 Å². The van der Waals surface area contributed by atoms with Gasteiger partial charge in [-0.25, -0.2) is 0 Å². The molecule has 0 aliphatic rings. The second-order valence-electron chi connectivity index (χ2n) is 2.09. The average molecular weight is 134 g/mol. The van der Waals surface area contributed by atoms with Crippen molar-refractivity contribution in [3.8, 4) is 0 Å². The molecule has 1 N–H and O–H groups in total. The van der Waals surface area contributed by atoms with E-state index in [9.17, 15) is 0 Å². The lowest BCUT2D eigenvalue weighted by molar-refractivity contribution is 0.322. The Balaban J connectivity index is 2.95. The summed E-state index contributed by atoms with van der Waals surface area (Å²) in [6, 6.07) is 8.45. The maximum absolute atomic E-state index is 8.17. The topological polar surface area (TPSA) is 32.6 Å². The Morgan fingerprint density at radius 2 is 2.40 bits per heavy atom.